The van der Waals surface area contributed by atoms with E-state index in [1.807, 2.05) is 14.0 Å². The van der Waals surface area contributed by atoms with Crippen LogP contribution in [0.4, 0.5) is 0 Å². The van der Waals surface area contributed by atoms with E-state index in [4.69, 9.17) is 5.73 Å². The Hall–Kier alpha value is -0.410. The van der Waals surface area contributed by atoms with Gasteiger partial charge < -0.3 is 11.1 Å². The molecule has 0 unspecified atom stereocenters. The molecule has 1 atom stereocenters. The van der Waals surface area contributed by atoms with E-state index in [-0.39, 0.29) is 11.8 Å². The number of rotatable bonds is 7. The number of nitrogens with two attached hydrogens (primary N) is 1. The van der Waals surface area contributed by atoms with Gasteiger partial charge in [-0.1, -0.05) is 13.3 Å². The Morgan fingerprint density at radius 1 is 1.50 bits per heavy atom. The summed E-state index contributed by atoms with van der Waals surface area (Å²) in [6.07, 6.45) is 3.52. The van der Waals surface area contributed by atoms with Gasteiger partial charge in [-0.15, -0.1) is 0 Å². The molecule has 0 aliphatic carbocycles. The van der Waals surface area contributed by atoms with Crippen LogP contribution >= 0.6 is 0 Å². The normalized spacial score (nSPS) is 12.9. The molecular formula is C9H20N2O. The number of hydrogen-bond acceptors (Lipinski definition) is 3. The van der Waals surface area contributed by atoms with Crippen LogP contribution in [0.2, 0.25) is 0 Å². The molecule has 12 heavy (non-hydrogen) atoms. The van der Waals surface area contributed by atoms with Crippen LogP contribution < -0.4 is 11.1 Å². The van der Waals surface area contributed by atoms with Gasteiger partial charge >= 0.3 is 0 Å². The lowest BCUT2D eigenvalue weighted by atomic mass is 10.0. The maximum Gasteiger partial charge on any atom is 0.149 e. The van der Waals surface area contributed by atoms with Crippen LogP contribution in [0.15, 0.2) is 0 Å². The molecular weight excluding hydrogens is 152 g/mol. The monoisotopic (exact) mass is 172 g/mol. The maximum absolute atomic E-state index is 11.0. The van der Waals surface area contributed by atoms with Crippen LogP contribution in [0.1, 0.15) is 32.6 Å². The van der Waals surface area contributed by atoms with Gasteiger partial charge in [0.1, 0.15) is 5.78 Å². The topological polar surface area (TPSA) is 55.1 Å². The molecule has 0 saturated heterocycles. The fraction of sp³-hybridized carbons (Fsp3) is 0.889. The number of carbonyl (C=O) groups excluding carboxylic acids is 1. The first-order valence-electron chi connectivity index (χ1n) is 4.65. The van der Waals surface area contributed by atoms with E-state index in [1.54, 1.807) is 0 Å². The summed E-state index contributed by atoms with van der Waals surface area (Å²) in [6.45, 7) is 2.86. The second-order valence-electron chi connectivity index (χ2n) is 3.03. The van der Waals surface area contributed by atoms with Gasteiger partial charge in [0.2, 0.25) is 0 Å². The first-order valence-corrected chi connectivity index (χ1v) is 4.65. The highest BCUT2D eigenvalue weighted by atomic mass is 16.1. The highest BCUT2D eigenvalue weighted by Crippen LogP contribution is 2.00. The largest absolute Gasteiger partial charge is 0.322 e. The minimum atomic E-state index is -0.230. The minimum absolute atomic E-state index is 0.180. The Bertz CT molecular complexity index is 126. The van der Waals surface area contributed by atoms with Crippen molar-refractivity contribution in [3.05, 3.63) is 0 Å². The zero-order chi connectivity index (χ0) is 9.40. The number of hydrogen-bond donors (Lipinski definition) is 2. The third-order valence-electron chi connectivity index (χ3n) is 1.95. The molecule has 0 fully saturated rings. The summed E-state index contributed by atoms with van der Waals surface area (Å²) in [5.41, 5.74) is 5.64. The first-order chi connectivity index (χ1) is 5.72. The van der Waals surface area contributed by atoms with Crippen molar-refractivity contribution in [2.24, 2.45) is 5.73 Å². The molecule has 0 heterocycles. The number of Topliss-reactive ketones (excluding diaryl/α,β-unsaturated/α-hetero) is 1. The highest BCUT2D eigenvalue weighted by Gasteiger charge is 2.09. The van der Waals surface area contributed by atoms with Crippen LogP contribution in [-0.4, -0.2) is 25.4 Å². The number of nitrogens with one attached hydrogen (secondary N) is 1. The second kappa shape index (κ2) is 7.25. The van der Waals surface area contributed by atoms with Crippen molar-refractivity contribution in [1.82, 2.24) is 5.32 Å². The second-order valence-corrected chi connectivity index (χ2v) is 3.03. The fourth-order valence-electron chi connectivity index (χ4n) is 1.09. The molecule has 0 spiro atoms. The summed E-state index contributed by atoms with van der Waals surface area (Å²) < 4.78 is 0. The molecule has 0 bridgehead atoms. The Morgan fingerprint density at radius 3 is 2.67 bits per heavy atom. The SMILES string of the molecule is CCC(=O)[C@H](N)CCCCNC. The predicted octanol–water partition coefficient (Wildman–Crippen LogP) is 0.682. The smallest absolute Gasteiger partial charge is 0.149 e. The minimum Gasteiger partial charge on any atom is -0.322 e. The van der Waals surface area contributed by atoms with Crippen molar-refractivity contribution in [1.29, 1.82) is 0 Å². The molecule has 72 valence electrons. The van der Waals surface area contributed by atoms with Crippen LogP contribution in [0.5, 0.6) is 0 Å². The van der Waals surface area contributed by atoms with E-state index in [0.717, 1.165) is 25.8 Å². The summed E-state index contributed by atoms with van der Waals surface area (Å²) in [5.74, 6) is 0.180. The van der Waals surface area contributed by atoms with Crippen LogP contribution in [0, 0.1) is 0 Å². The molecule has 0 aromatic heterocycles. The quantitative estimate of drug-likeness (QED) is 0.555. The number of unbranched alkanes of at least 4 members (excludes halogenated alkanes) is 1. The van der Waals surface area contributed by atoms with Crippen molar-refractivity contribution in [2.45, 2.75) is 38.6 Å². The third kappa shape index (κ3) is 5.27. The van der Waals surface area contributed by atoms with Crippen molar-refractivity contribution >= 4 is 5.78 Å². The average molecular weight is 172 g/mol. The van der Waals surface area contributed by atoms with Crippen molar-refractivity contribution in [3.63, 3.8) is 0 Å². The van der Waals surface area contributed by atoms with Crippen LogP contribution in [0.25, 0.3) is 0 Å². The molecule has 3 nitrogen and oxygen atoms in total. The molecule has 3 N–H and O–H groups in total. The van der Waals surface area contributed by atoms with E-state index in [2.05, 4.69) is 5.32 Å². The summed E-state index contributed by atoms with van der Waals surface area (Å²) in [5, 5.41) is 3.06. The summed E-state index contributed by atoms with van der Waals surface area (Å²) in [4.78, 5) is 11.0. The van der Waals surface area contributed by atoms with Gasteiger partial charge in [0, 0.05) is 6.42 Å². The Kier molecular flexibility index (Phi) is 7.00. The molecule has 0 saturated carbocycles. The van der Waals surface area contributed by atoms with E-state index in [9.17, 15) is 4.79 Å². The van der Waals surface area contributed by atoms with Crippen LogP contribution in [0.3, 0.4) is 0 Å². The van der Waals surface area contributed by atoms with Gasteiger partial charge in [-0.05, 0) is 26.4 Å². The lowest BCUT2D eigenvalue weighted by Gasteiger charge is -2.08. The van der Waals surface area contributed by atoms with Crippen molar-refractivity contribution in [2.75, 3.05) is 13.6 Å². The molecule has 0 rings (SSSR count). The van der Waals surface area contributed by atoms with E-state index < -0.39 is 0 Å². The van der Waals surface area contributed by atoms with Crippen LogP contribution in [-0.2, 0) is 4.79 Å². The molecule has 0 radical (unpaired) electrons. The van der Waals surface area contributed by atoms with Crippen molar-refractivity contribution in [3.8, 4) is 0 Å². The lowest BCUT2D eigenvalue weighted by molar-refractivity contribution is -0.120. The lowest BCUT2D eigenvalue weighted by Crippen LogP contribution is -2.29. The zero-order valence-corrected chi connectivity index (χ0v) is 8.10. The number of ketones is 1. The van der Waals surface area contributed by atoms with Crippen molar-refractivity contribution < 1.29 is 4.79 Å². The standard InChI is InChI=1S/C9H20N2O/c1-3-9(12)8(10)6-4-5-7-11-2/h8,11H,3-7,10H2,1-2H3/t8-/m1/s1. The summed E-state index contributed by atoms with van der Waals surface area (Å²) >= 11 is 0. The Morgan fingerprint density at radius 2 is 2.17 bits per heavy atom. The van der Waals surface area contributed by atoms with Gasteiger partial charge in [0.25, 0.3) is 0 Å². The van der Waals surface area contributed by atoms with Gasteiger partial charge in [-0.3, -0.25) is 4.79 Å². The first kappa shape index (κ1) is 11.6. The van der Waals surface area contributed by atoms with Gasteiger partial charge in [-0.2, -0.15) is 0 Å². The Labute approximate surface area is 74.7 Å². The summed E-state index contributed by atoms with van der Waals surface area (Å²) in [6, 6.07) is -0.230. The molecule has 0 aromatic rings. The third-order valence-corrected chi connectivity index (χ3v) is 1.95. The predicted molar refractivity (Wildman–Crippen MR) is 51.1 cm³/mol. The van der Waals surface area contributed by atoms with Gasteiger partial charge in [0.05, 0.1) is 6.04 Å². The molecule has 0 amide bonds. The molecule has 0 aromatic carbocycles. The zero-order valence-electron chi connectivity index (χ0n) is 8.10. The average Bonchev–Trinajstić information content (AvgIpc) is 2.10. The van der Waals surface area contributed by atoms with E-state index in [0.29, 0.717) is 6.42 Å². The molecule has 0 aliphatic rings. The van der Waals surface area contributed by atoms with E-state index >= 15 is 0 Å². The molecule has 3 heteroatoms. The Balaban J connectivity index is 3.31. The molecule has 0 aliphatic heterocycles. The highest BCUT2D eigenvalue weighted by molar-refractivity contribution is 5.83. The fourth-order valence-corrected chi connectivity index (χ4v) is 1.09. The maximum atomic E-state index is 11.0. The van der Waals surface area contributed by atoms with Gasteiger partial charge in [-0.25, -0.2) is 0 Å². The summed E-state index contributed by atoms with van der Waals surface area (Å²) in [7, 11) is 1.93. The van der Waals surface area contributed by atoms with E-state index in [1.165, 1.54) is 0 Å². The number of carbonyl (C=O) groups is 1. The van der Waals surface area contributed by atoms with Gasteiger partial charge in [0.15, 0.2) is 0 Å².